The van der Waals surface area contributed by atoms with Crippen LogP contribution in [0.3, 0.4) is 0 Å². The van der Waals surface area contributed by atoms with Crippen LogP contribution in [-0.4, -0.2) is 38.3 Å². The third-order valence-electron chi connectivity index (χ3n) is 4.45. The Balaban J connectivity index is 1.49. The molecular weight excluding hydrogens is 328 g/mol. The largest absolute Gasteiger partial charge is 0.481 e. The second-order valence-electron chi connectivity index (χ2n) is 6.56. The van der Waals surface area contributed by atoms with Crippen LogP contribution in [0, 0.1) is 6.92 Å². The molecule has 0 bridgehead atoms. The first-order valence-electron chi connectivity index (χ1n) is 9.04. The number of amides is 1. The molecule has 3 rings (SSSR count). The topological polar surface area (TPSA) is 50.8 Å². The van der Waals surface area contributed by atoms with Crippen molar-refractivity contribution in [1.29, 1.82) is 0 Å². The van der Waals surface area contributed by atoms with E-state index in [4.69, 9.17) is 9.47 Å². The molecule has 0 spiro atoms. The highest BCUT2D eigenvalue weighted by Crippen LogP contribution is 2.17. The lowest BCUT2D eigenvalue weighted by molar-refractivity contribution is -0.127. The molecule has 0 aromatic heterocycles. The van der Waals surface area contributed by atoms with Crippen molar-refractivity contribution in [3.8, 4) is 5.75 Å². The van der Waals surface area contributed by atoms with E-state index >= 15 is 0 Å². The zero-order chi connectivity index (χ0) is 18.4. The van der Waals surface area contributed by atoms with Crippen LogP contribution in [0.1, 0.15) is 18.1 Å². The standard InChI is InChI=1S/C21H26N2O3/c1-16-4-3-5-20(14-16)26-17(2)21(24)22-15-18-6-8-19(9-7-18)23-10-12-25-13-11-23/h3-9,14,17H,10-13,15H2,1-2H3,(H,22,24)/t17-/m1/s1. The van der Waals surface area contributed by atoms with Gasteiger partial charge in [-0.25, -0.2) is 0 Å². The second kappa shape index (κ2) is 8.72. The van der Waals surface area contributed by atoms with Gasteiger partial charge in [-0.3, -0.25) is 4.79 Å². The Labute approximate surface area is 154 Å². The fraction of sp³-hybridized carbons (Fsp3) is 0.381. The lowest BCUT2D eigenvalue weighted by Gasteiger charge is -2.28. The van der Waals surface area contributed by atoms with Crippen molar-refractivity contribution in [2.45, 2.75) is 26.5 Å². The number of hydrogen-bond acceptors (Lipinski definition) is 4. The second-order valence-corrected chi connectivity index (χ2v) is 6.56. The number of nitrogens with zero attached hydrogens (tertiary/aromatic N) is 1. The number of rotatable bonds is 6. The summed E-state index contributed by atoms with van der Waals surface area (Å²) < 4.78 is 11.1. The minimum absolute atomic E-state index is 0.122. The molecular formula is C21H26N2O3. The molecule has 0 unspecified atom stereocenters. The molecule has 1 aliphatic rings. The van der Waals surface area contributed by atoms with Crippen LogP contribution in [0.25, 0.3) is 0 Å². The Morgan fingerprint density at radius 3 is 2.62 bits per heavy atom. The highest BCUT2D eigenvalue weighted by atomic mass is 16.5. The number of benzene rings is 2. The van der Waals surface area contributed by atoms with Crippen LogP contribution in [0.15, 0.2) is 48.5 Å². The van der Waals surface area contributed by atoms with Gasteiger partial charge in [-0.1, -0.05) is 24.3 Å². The predicted octanol–water partition coefficient (Wildman–Crippen LogP) is 2.92. The molecule has 2 aromatic carbocycles. The number of nitrogens with one attached hydrogen (secondary N) is 1. The first-order valence-corrected chi connectivity index (χ1v) is 9.04. The van der Waals surface area contributed by atoms with Crippen molar-refractivity contribution in [2.75, 3.05) is 31.2 Å². The van der Waals surface area contributed by atoms with Crippen LogP contribution in [0.5, 0.6) is 5.75 Å². The molecule has 26 heavy (non-hydrogen) atoms. The summed E-state index contributed by atoms with van der Waals surface area (Å²) in [5, 5.41) is 2.94. The molecule has 1 heterocycles. The highest BCUT2D eigenvalue weighted by molar-refractivity contribution is 5.80. The van der Waals surface area contributed by atoms with Crippen LogP contribution < -0.4 is 15.0 Å². The number of carbonyl (C=O) groups is 1. The van der Waals surface area contributed by atoms with Crippen LogP contribution >= 0.6 is 0 Å². The third kappa shape index (κ3) is 4.99. The molecule has 0 radical (unpaired) electrons. The number of anilines is 1. The summed E-state index contributed by atoms with van der Waals surface area (Å²) in [6, 6.07) is 16.0. The van der Waals surface area contributed by atoms with E-state index in [2.05, 4.69) is 34.5 Å². The van der Waals surface area contributed by atoms with Crippen molar-refractivity contribution in [1.82, 2.24) is 5.32 Å². The molecule has 0 aliphatic carbocycles. The quantitative estimate of drug-likeness (QED) is 0.867. The molecule has 1 saturated heterocycles. The van der Waals surface area contributed by atoms with E-state index in [0.29, 0.717) is 12.3 Å². The molecule has 1 amide bonds. The smallest absolute Gasteiger partial charge is 0.261 e. The van der Waals surface area contributed by atoms with Gasteiger partial charge in [0.2, 0.25) is 0 Å². The van der Waals surface area contributed by atoms with E-state index in [0.717, 1.165) is 37.4 Å². The van der Waals surface area contributed by atoms with Crippen LogP contribution in [0.4, 0.5) is 5.69 Å². The zero-order valence-corrected chi connectivity index (χ0v) is 15.4. The third-order valence-corrected chi connectivity index (χ3v) is 4.45. The number of ether oxygens (including phenoxy) is 2. The maximum absolute atomic E-state index is 12.3. The van der Waals surface area contributed by atoms with Crippen molar-refractivity contribution in [3.63, 3.8) is 0 Å². The lowest BCUT2D eigenvalue weighted by Crippen LogP contribution is -2.36. The maximum Gasteiger partial charge on any atom is 0.261 e. The van der Waals surface area contributed by atoms with Gasteiger partial charge >= 0.3 is 0 Å². The molecule has 5 heteroatoms. The first kappa shape index (κ1) is 18.3. The maximum atomic E-state index is 12.3. The SMILES string of the molecule is Cc1cccc(O[C@H](C)C(=O)NCc2ccc(N3CCOCC3)cc2)c1. The Morgan fingerprint density at radius 2 is 1.92 bits per heavy atom. The summed E-state index contributed by atoms with van der Waals surface area (Å²) >= 11 is 0. The highest BCUT2D eigenvalue weighted by Gasteiger charge is 2.15. The molecule has 1 N–H and O–H groups in total. The minimum Gasteiger partial charge on any atom is -0.481 e. The van der Waals surface area contributed by atoms with Gasteiger partial charge in [-0.2, -0.15) is 0 Å². The fourth-order valence-electron chi connectivity index (χ4n) is 2.93. The lowest BCUT2D eigenvalue weighted by atomic mass is 10.2. The van der Waals surface area contributed by atoms with E-state index in [1.54, 1.807) is 6.92 Å². The van der Waals surface area contributed by atoms with Gasteiger partial charge in [0.15, 0.2) is 6.10 Å². The van der Waals surface area contributed by atoms with Crippen molar-refractivity contribution < 1.29 is 14.3 Å². The monoisotopic (exact) mass is 354 g/mol. The molecule has 0 saturated carbocycles. The van der Waals surface area contributed by atoms with Gasteiger partial charge in [0, 0.05) is 25.3 Å². The zero-order valence-electron chi connectivity index (χ0n) is 15.4. The normalized spacial score (nSPS) is 15.4. The van der Waals surface area contributed by atoms with Crippen molar-refractivity contribution in [2.24, 2.45) is 0 Å². The average Bonchev–Trinajstić information content (AvgIpc) is 2.67. The molecule has 138 valence electrons. The average molecular weight is 354 g/mol. The van der Waals surface area contributed by atoms with E-state index in [1.807, 2.05) is 31.2 Å². The van der Waals surface area contributed by atoms with E-state index < -0.39 is 6.10 Å². The molecule has 5 nitrogen and oxygen atoms in total. The van der Waals surface area contributed by atoms with Crippen LogP contribution in [0.2, 0.25) is 0 Å². The van der Waals surface area contributed by atoms with E-state index in [1.165, 1.54) is 5.69 Å². The predicted molar refractivity (Wildman–Crippen MR) is 103 cm³/mol. The van der Waals surface area contributed by atoms with Gasteiger partial charge in [0.05, 0.1) is 13.2 Å². The van der Waals surface area contributed by atoms with E-state index in [-0.39, 0.29) is 5.91 Å². The molecule has 1 fully saturated rings. The Morgan fingerprint density at radius 1 is 1.19 bits per heavy atom. The van der Waals surface area contributed by atoms with Crippen LogP contribution in [-0.2, 0) is 16.1 Å². The summed E-state index contributed by atoms with van der Waals surface area (Å²) in [4.78, 5) is 14.6. The van der Waals surface area contributed by atoms with Crippen molar-refractivity contribution >= 4 is 11.6 Å². The summed E-state index contributed by atoms with van der Waals surface area (Å²) in [5.74, 6) is 0.589. The number of hydrogen-bond donors (Lipinski definition) is 1. The summed E-state index contributed by atoms with van der Waals surface area (Å²) in [5.41, 5.74) is 3.37. The number of morpholine rings is 1. The summed E-state index contributed by atoms with van der Waals surface area (Å²) in [6.45, 7) is 7.64. The first-order chi connectivity index (χ1) is 12.6. The Kier molecular flexibility index (Phi) is 6.12. The number of aryl methyl sites for hydroxylation is 1. The fourth-order valence-corrected chi connectivity index (χ4v) is 2.93. The van der Waals surface area contributed by atoms with Crippen molar-refractivity contribution in [3.05, 3.63) is 59.7 Å². The summed E-state index contributed by atoms with van der Waals surface area (Å²) in [7, 11) is 0. The summed E-state index contributed by atoms with van der Waals surface area (Å²) in [6.07, 6.45) is -0.538. The Hall–Kier alpha value is -2.53. The van der Waals surface area contributed by atoms with Gasteiger partial charge in [0.25, 0.3) is 5.91 Å². The Bertz CT molecular complexity index is 724. The molecule has 1 aliphatic heterocycles. The van der Waals surface area contributed by atoms with Gasteiger partial charge in [0.1, 0.15) is 5.75 Å². The molecule has 2 aromatic rings. The number of carbonyl (C=O) groups excluding carboxylic acids is 1. The molecule has 1 atom stereocenters. The van der Waals surface area contributed by atoms with Gasteiger partial charge in [-0.15, -0.1) is 0 Å². The van der Waals surface area contributed by atoms with E-state index in [9.17, 15) is 4.79 Å². The van der Waals surface area contributed by atoms with Gasteiger partial charge in [-0.05, 0) is 49.2 Å². The van der Waals surface area contributed by atoms with Gasteiger partial charge < -0.3 is 19.7 Å². The minimum atomic E-state index is -0.538.